The summed E-state index contributed by atoms with van der Waals surface area (Å²) in [5.41, 5.74) is 1.10. The maximum atomic E-state index is 12.4. The first kappa shape index (κ1) is 17.9. The van der Waals surface area contributed by atoms with Crippen molar-refractivity contribution < 1.29 is 19.4 Å². The molecule has 1 amide bonds. The van der Waals surface area contributed by atoms with Gasteiger partial charge < -0.3 is 15.2 Å². The van der Waals surface area contributed by atoms with Crippen LogP contribution in [-0.4, -0.2) is 29.1 Å². The SMILES string of the molecule is C[C@H](OC(=O)c1ccc(CO)cc1)C(=O)N[C@H](C)[C@H]1C[C@H]2CC[C@H]1C2. The summed E-state index contributed by atoms with van der Waals surface area (Å²) >= 11 is 0. The van der Waals surface area contributed by atoms with Crippen LogP contribution in [0.3, 0.4) is 0 Å². The number of aliphatic hydroxyl groups excluding tert-OH is 1. The first-order valence-corrected chi connectivity index (χ1v) is 9.19. The maximum absolute atomic E-state index is 12.4. The van der Waals surface area contributed by atoms with Gasteiger partial charge in [0.2, 0.25) is 0 Å². The van der Waals surface area contributed by atoms with Crippen molar-refractivity contribution in [3.05, 3.63) is 35.4 Å². The molecule has 0 saturated heterocycles. The van der Waals surface area contributed by atoms with E-state index in [-0.39, 0.29) is 18.6 Å². The Morgan fingerprint density at radius 3 is 2.48 bits per heavy atom. The molecule has 25 heavy (non-hydrogen) atoms. The van der Waals surface area contributed by atoms with Crippen molar-refractivity contribution in [2.24, 2.45) is 17.8 Å². The van der Waals surface area contributed by atoms with Crippen LogP contribution in [0.25, 0.3) is 0 Å². The van der Waals surface area contributed by atoms with Crippen molar-refractivity contribution in [1.82, 2.24) is 5.32 Å². The molecule has 2 aliphatic rings. The van der Waals surface area contributed by atoms with E-state index in [1.165, 1.54) is 25.7 Å². The molecule has 0 heterocycles. The first-order valence-electron chi connectivity index (χ1n) is 9.19. The van der Waals surface area contributed by atoms with Gasteiger partial charge in [0.15, 0.2) is 6.10 Å². The number of nitrogens with one attached hydrogen (secondary N) is 1. The number of amides is 1. The van der Waals surface area contributed by atoms with Gasteiger partial charge in [-0.1, -0.05) is 18.6 Å². The molecule has 2 aliphatic carbocycles. The molecule has 136 valence electrons. The number of aliphatic hydroxyl groups is 1. The largest absolute Gasteiger partial charge is 0.449 e. The van der Waals surface area contributed by atoms with E-state index in [2.05, 4.69) is 12.2 Å². The zero-order valence-electron chi connectivity index (χ0n) is 14.9. The summed E-state index contributed by atoms with van der Waals surface area (Å²) in [7, 11) is 0. The Kier molecular flexibility index (Phi) is 5.42. The summed E-state index contributed by atoms with van der Waals surface area (Å²) in [4.78, 5) is 24.5. The van der Waals surface area contributed by atoms with Crippen LogP contribution in [0.2, 0.25) is 0 Å². The molecule has 0 unspecified atom stereocenters. The molecule has 0 aromatic heterocycles. The Balaban J connectivity index is 1.50. The van der Waals surface area contributed by atoms with Gasteiger partial charge in [-0.25, -0.2) is 4.79 Å². The van der Waals surface area contributed by atoms with Gasteiger partial charge >= 0.3 is 5.97 Å². The molecule has 2 N–H and O–H groups in total. The van der Waals surface area contributed by atoms with Crippen molar-refractivity contribution in [1.29, 1.82) is 0 Å². The summed E-state index contributed by atoms with van der Waals surface area (Å²) in [6.45, 7) is 3.59. The summed E-state index contributed by atoms with van der Waals surface area (Å²) < 4.78 is 5.28. The summed E-state index contributed by atoms with van der Waals surface area (Å²) in [5.74, 6) is 1.36. The van der Waals surface area contributed by atoms with E-state index in [4.69, 9.17) is 9.84 Å². The van der Waals surface area contributed by atoms with Crippen LogP contribution >= 0.6 is 0 Å². The van der Waals surface area contributed by atoms with E-state index < -0.39 is 12.1 Å². The van der Waals surface area contributed by atoms with Crippen molar-refractivity contribution >= 4 is 11.9 Å². The second-order valence-electron chi connectivity index (χ2n) is 7.54. The lowest BCUT2D eigenvalue weighted by Gasteiger charge is -2.29. The number of benzene rings is 1. The number of fused-ring (bicyclic) bond motifs is 2. The van der Waals surface area contributed by atoms with Crippen LogP contribution in [0, 0.1) is 17.8 Å². The van der Waals surface area contributed by atoms with Gasteiger partial charge in [0.05, 0.1) is 12.2 Å². The molecule has 0 spiro atoms. The van der Waals surface area contributed by atoms with Crippen molar-refractivity contribution in [2.45, 2.75) is 58.3 Å². The topological polar surface area (TPSA) is 75.6 Å². The molecule has 3 rings (SSSR count). The van der Waals surface area contributed by atoms with Gasteiger partial charge in [-0.2, -0.15) is 0 Å². The lowest BCUT2D eigenvalue weighted by Crippen LogP contribution is -2.45. The van der Waals surface area contributed by atoms with Crippen molar-refractivity contribution in [3.63, 3.8) is 0 Å². The molecule has 0 aliphatic heterocycles. The van der Waals surface area contributed by atoms with E-state index in [0.717, 1.165) is 17.4 Å². The molecule has 5 heteroatoms. The van der Waals surface area contributed by atoms with Crippen LogP contribution in [0.4, 0.5) is 0 Å². The zero-order valence-corrected chi connectivity index (χ0v) is 14.9. The first-order chi connectivity index (χ1) is 12.0. The van der Waals surface area contributed by atoms with Crippen LogP contribution in [-0.2, 0) is 16.1 Å². The third-order valence-electron chi connectivity index (χ3n) is 5.83. The number of carbonyl (C=O) groups is 2. The van der Waals surface area contributed by atoms with E-state index in [1.807, 2.05) is 0 Å². The van der Waals surface area contributed by atoms with E-state index >= 15 is 0 Å². The van der Waals surface area contributed by atoms with Gasteiger partial charge in [0, 0.05) is 6.04 Å². The molecule has 1 aromatic rings. The quantitative estimate of drug-likeness (QED) is 0.777. The van der Waals surface area contributed by atoms with Crippen LogP contribution in [0.5, 0.6) is 0 Å². The Labute approximate surface area is 148 Å². The Hall–Kier alpha value is -1.88. The fraction of sp³-hybridized carbons (Fsp3) is 0.600. The molecular weight excluding hydrogens is 318 g/mol. The molecule has 5 nitrogen and oxygen atoms in total. The van der Waals surface area contributed by atoms with Gasteiger partial charge in [0.25, 0.3) is 5.91 Å². The second-order valence-corrected chi connectivity index (χ2v) is 7.54. The number of esters is 1. The van der Waals surface area contributed by atoms with Gasteiger partial charge in [-0.05, 0) is 68.6 Å². The lowest BCUT2D eigenvalue weighted by molar-refractivity contribution is -0.130. The highest BCUT2D eigenvalue weighted by atomic mass is 16.5. The van der Waals surface area contributed by atoms with E-state index in [0.29, 0.717) is 11.5 Å². The summed E-state index contributed by atoms with van der Waals surface area (Å²) in [6.07, 6.45) is 4.30. The second kappa shape index (κ2) is 7.56. The molecule has 2 saturated carbocycles. The summed E-state index contributed by atoms with van der Waals surface area (Å²) in [5, 5.41) is 12.1. The van der Waals surface area contributed by atoms with Gasteiger partial charge in [0.1, 0.15) is 0 Å². The third-order valence-corrected chi connectivity index (χ3v) is 5.83. The highest BCUT2D eigenvalue weighted by molar-refractivity contribution is 5.92. The van der Waals surface area contributed by atoms with Crippen molar-refractivity contribution in [2.75, 3.05) is 0 Å². The number of rotatable bonds is 6. The molecule has 0 radical (unpaired) electrons. The Morgan fingerprint density at radius 1 is 1.20 bits per heavy atom. The van der Waals surface area contributed by atoms with Crippen molar-refractivity contribution in [3.8, 4) is 0 Å². The fourth-order valence-corrected chi connectivity index (χ4v) is 4.38. The minimum atomic E-state index is -0.828. The normalized spacial score (nSPS) is 26.9. The lowest BCUT2D eigenvalue weighted by atomic mass is 9.84. The third kappa shape index (κ3) is 4.03. The Bertz CT molecular complexity index is 627. The zero-order chi connectivity index (χ0) is 18.0. The highest BCUT2D eigenvalue weighted by Gasteiger charge is 2.42. The maximum Gasteiger partial charge on any atom is 0.338 e. The minimum absolute atomic E-state index is 0.0744. The minimum Gasteiger partial charge on any atom is -0.449 e. The monoisotopic (exact) mass is 345 g/mol. The average molecular weight is 345 g/mol. The van der Waals surface area contributed by atoms with Crippen LogP contribution in [0.15, 0.2) is 24.3 Å². The molecule has 5 atom stereocenters. The Morgan fingerprint density at radius 2 is 1.92 bits per heavy atom. The number of ether oxygens (including phenoxy) is 1. The van der Waals surface area contributed by atoms with E-state index in [9.17, 15) is 9.59 Å². The van der Waals surface area contributed by atoms with E-state index in [1.54, 1.807) is 31.2 Å². The predicted molar refractivity (Wildman–Crippen MR) is 93.8 cm³/mol. The highest BCUT2D eigenvalue weighted by Crippen LogP contribution is 2.49. The number of hydrogen-bond donors (Lipinski definition) is 2. The number of hydrogen-bond acceptors (Lipinski definition) is 4. The van der Waals surface area contributed by atoms with Gasteiger partial charge in [-0.15, -0.1) is 0 Å². The van der Waals surface area contributed by atoms with Gasteiger partial charge in [-0.3, -0.25) is 4.79 Å². The summed E-state index contributed by atoms with van der Waals surface area (Å²) in [6, 6.07) is 6.64. The predicted octanol–water partition coefficient (Wildman–Crippen LogP) is 2.67. The molecule has 1 aromatic carbocycles. The van der Waals surface area contributed by atoms with Crippen LogP contribution in [0.1, 0.15) is 55.5 Å². The molecular formula is C20H27NO4. The smallest absolute Gasteiger partial charge is 0.338 e. The van der Waals surface area contributed by atoms with Crippen LogP contribution < -0.4 is 5.32 Å². The molecule has 2 fully saturated rings. The fourth-order valence-electron chi connectivity index (χ4n) is 4.38. The average Bonchev–Trinajstić information content (AvgIpc) is 3.25. The standard InChI is InChI=1S/C20H27NO4/c1-12(18-10-15-5-8-17(18)9-15)21-19(23)13(2)25-20(24)16-6-3-14(11-22)4-7-16/h3-4,6-7,12-13,15,17-18,22H,5,8-11H2,1-2H3,(H,21,23)/t12-,13+,15+,17+,18-/m1/s1. The molecule has 2 bridgehead atoms. The number of carbonyl (C=O) groups excluding carboxylic acids is 2.